The van der Waals surface area contributed by atoms with Crippen LogP contribution in [0.15, 0.2) is 24.3 Å². The van der Waals surface area contributed by atoms with Crippen LogP contribution in [0.25, 0.3) is 0 Å². The first-order chi connectivity index (χ1) is 11.5. The summed E-state index contributed by atoms with van der Waals surface area (Å²) in [5.41, 5.74) is 3.08. The fraction of sp³-hybridized carbons (Fsp3) is 0.444. The predicted octanol–water partition coefficient (Wildman–Crippen LogP) is 2.85. The lowest BCUT2D eigenvalue weighted by Gasteiger charge is -2.12. The molecule has 1 N–H and O–H groups in total. The maximum atomic E-state index is 12.4. The van der Waals surface area contributed by atoms with Gasteiger partial charge in [-0.05, 0) is 51.0 Å². The number of amides is 1. The summed E-state index contributed by atoms with van der Waals surface area (Å²) in [6, 6.07) is 7.15. The number of aromatic nitrogens is 2. The summed E-state index contributed by atoms with van der Waals surface area (Å²) in [6.45, 7) is 5.18. The fourth-order valence-corrected chi connectivity index (χ4v) is 2.81. The number of nitrogens with one attached hydrogen (secondary N) is 1. The Morgan fingerprint density at radius 1 is 1.38 bits per heavy atom. The normalized spacial score (nSPS) is 17.0. The van der Waals surface area contributed by atoms with Crippen LogP contribution in [-0.2, 0) is 11.8 Å². The fourth-order valence-electron chi connectivity index (χ4n) is 2.81. The van der Waals surface area contributed by atoms with E-state index in [1.54, 1.807) is 16.8 Å². The average Bonchev–Trinajstić information content (AvgIpc) is 3.18. The molecule has 1 aromatic carbocycles. The van der Waals surface area contributed by atoms with E-state index in [0.717, 1.165) is 42.3 Å². The van der Waals surface area contributed by atoms with Crippen molar-refractivity contribution in [2.45, 2.75) is 32.8 Å². The van der Waals surface area contributed by atoms with Crippen LogP contribution in [0.5, 0.6) is 5.75 Å². The molecule has 1 amide bonds. The Labute approximate surface area is 141 Å². The number of nitrogens with zero attached hydrogens (tertiary/aromatic N) is 2. The van der Waals surface area contributed by atoms with Crippen LogP contribution in [0, 0.1) is 13.8 Å². The Kier molecular flexibility index (Phi) is 4.85. The highest BCUT2D eigenvalue weighted by molar-refractivity contribution is 6.04. The lowest BCUT2D eigenvalue weighted by Crippen LogP contribution is -2.16. The van der Waals surface area contributed by atoms with Gasteiger partial charge >= 0.3 is 0 Å². The van der Waals surface area contributed by atoms with Gasteiger partial charge in [-0.15, -0.1) is 0 Å². The zero-order valence-corrected chi connectivity index (χ0v) is 14.3. The van der Waals surface area contributed by atoms with Crippen molar-refractivity contribution in [1.82, 2.24) is 9.78 Å². The Morgan fingerprint density at radius 3 is 2.71 bits per heavy atom. The Bertz CT molecular complexity index is 716. The minimum Gasteiger partial charge on any atom is -0.491 e. The van der Waals surface area contributed by atoms with E-state index >= 15 is 0 Å². The van der Waals surface area contributed by atoms with E-state index in [9.17, 15) is 4.79 Å². The first-order valence-corrected chi connectivity index (χ1v) is 8.20. The summed E-state index contributed by atoms with van der Waals surface area (Å²) in [7, 11) is 1.86. The molecule has 0 saturated carbocycles. The zero-order chi connectivity index (χ0) is 17.1. The molecule has 1 aliphatic heterocycles. The summed E-state index contributed by atoms with van der Waals surface area (Å²) in [6.07, 6.45) is 2.33. The molecule has 6 heteroatoms. The summed E-state index contributed by atoms with van der Waals surface area (Å²) in [5.74, 6) is 0.593. The number of rotatable bonds is 5. The van der Waals surface area contributed by atoms with Crippen molar-refractivity contribution in [3.8, 4) is 5.75 Å². The van der Waals surface area contributed by atoms with E-state index in [1.165, 1.54) is 0 Å². The zero-order valence-electron chi connectivity index (χ0n) is 14.3. The second kappa shape index (κ2) is 7.05. The first kappa shape index (κ1) is 16.5. The summed E-state index contributed by atoms with van der Waals surface area (Å²) in [5, 5.41) is 7.23. The molecule has 0 radical (unpaired) electrons. The van der Waals surface area contributed by atoms with Crippen molar-refractivity contribution in [1.29, 1.82) is 0 Å². The van der Waals surface area contributed by atoms with Crippen LogP contribution in [0.3, 0.4) is 0 Å². The van der Waals surface area contributed by atoms with Crippen molar-refractivity contribution in [2.75, 3.05) is 18.5 Å². The van der Waals surface area contributed by atoms with Crippen LogP contribution in [0.1, 0.15) is 34.6 Å². The van der Waals surface area contributed by atoms with Crippen molar-refractivity contribution in [2.24, 2.45) is 7.05 Å². The SMILES string of the molecule is Cc1nn(C)c(C)c1NC(=O)c1ccc(OC[C@@H]2CCCO2)cc1. The molecule has 1 aliphatic rings. The number of benzene rings is 1. The van der Waals surface area contributed by atoms with Crippen molar-refractivity contribution in [3.05, 3.63) is 41.2 Å². The van der Waals surface area contributed by atoms with Gasteiger partial charge in [-0.25, -0.2) is 0 Å². The van der Waals surface area contributed by atoms with Crippen LogP contribution >= 0.6 is 0 Å². The van der Waals surface area contributed by atoms with Gasteiger partial charge in [-0.1, -0.05) is 0 Å². The third-order valence-corrected chi connectivity index (χ3v) is 4.32. The van der Waals surface area contributed by atoms with Crippen LogP contribution in [0.4, 0.5) is 5.69 Å². The molecule has 3 rings (SSSR count). The molecule has 0 bridgehead atoms. The summed E-state index contributed by atoms with van der Waals surface area (Å²) < 4.78 is 13.0. The van der Waals surface area contributed by atoms with Crippen LogP contribution in [-0.4, -0.2) is 35.0 Å². The van der Waals surface area contributed by atoms with Gasteiger partial charge in [-0.2, -0.15) is 5.10 Å². The highest BCUT2D eigenvalue weighted by Gasteiger charge is 2.16. The van der Waals surface area contributed by atoms with Gasteiger partial charge in [0.05, 0.1) is 23.2 Å². The lowest BCUT2D eigenvalue weighted by molar-refractivity contribution is 0.0679. The summed E-state index contributed by atoms with van der Waals surface area (Å²) in [4.78, 5) is 12.4. The van der Waals surface area contributed by atoms with E-state index < -0.39 is 0 Å². The molecule has 0 spiro atoms. The van der Waals surface area contributed by atoms with Crippen molar-refractivity contribution >= 4 is 11.6 Å². The number of hydrogen-bond donors (Lipinski definition) is 1. The second-order valence-electron chi connectivity index (χ2n) is 6.09. The second-order valence-corrected chi connectivity index (χ2v) is 6.09. The molecular weight excluding hydrogens is 306 g/mol. The Balaban J connectivity index is 1.61. The number of hydrogen-bond acceptors (Lipinski definition) is 4. The highest BCUT2D eigenvalue weighted by atomic mass is 16.5. The molecule has 24 heavy (non-hydrogen) atoms. The quantitative estimate of drug-likeness (QED) is 0.916. The molecule has 6 nitrogen and oxygen atoms in total. The predicted molar refractivity (Wildman–Crippen MR) is 91.5 cm³/mol. The third kappa shape index (κ3) is 3.59. The molecule has 1 saturated heterocycles. The molecule has 1 atom stereocenters. The number of anilines is 1. The number of ether oxygens (including phenoxy) is 2. The summed E-state index contributed by atoms with van der Waals surface area (Å²) >= 11 is 0. The molecule has 2 aromatic rings. The van der Waals surface area contributed by atoms with Gasteiger partial charge in [0.1, 0.15) is 12.4 Å². The van der Waals surface area contributed by atoms with Gasteiger partial charge in [0.15, 0.2) is 0 Å². The Morgan fingerprint density at radius 2 is 2.12 bits per heavy atom. The van der Waals surface area contributed by atoms with Gasteiger partial charge < -0.3 is 14.8 Å². The largest absolute Gasteiger partial charge is 0.491 e. The van der Waals surface area contributed by atoms with E-state index in [-0.39, 0.29) is 12.0 Å². The molecule has 1 aromatic heterocycles. The van der Waals surface area contributed by atoms with Gasteiger partial charge in [0, 0.05) is 19.2 Å². The van der Waals surface area contributed by atoms with Crippen LogP contribution in [0.2, 0.25) is 0 Å². The van der Waals surface area contributed by atoms with E-state index in [4.69, 9.17) is 9.47 Å². The first-order valence-electron chi connectivity index (χ1n) is 8.20. The molecular formula is C18H23N3O3. The van der Waals surface area contributed by atoms with E-state index in [2.05, 4.69) is 10.4 Å². The van der Waals surface area contributed by atoms with E-state index in [0.29, 0.717) is 12.2 Å². The van der Waals surface area contributed by atoms with Crippen molar-refractivity contribution in [3.63, 3.8) is 0 Å². The molecule has 0 unspecified atom stereocenters. The molecule has 0 aliphatic carbocycles. The highest BCUT2D eigenvalue weighted by Crippen LogP contribution is 2.20. The Hall–Kier alpha value is -2.34. The molecule has 2 heterocycles. The average molecular weight is 329 g/mol. The maximum Gasteiger partial charge on any atom is 0.255 e. The topological polar surface area (TPSA) is 65.4 Å². The smallest absolute Gasteiger partial charge is 0.255 e. The van der Waals surface area contributed by atoms with E-state index in [1.807, 2.05) is 33.0 Å². The molecule has 128 valence electrons. The van der Waals surface area contributed by atoms with Crippen LogP contribution < -0.4 is 10.1 Å². The number of carbonyl (C=O) groups is 1. The standard InChI is InChI=1S/C18H23N3O3/c1-12-17(13(2)21(3)20-12)19-18(22)14-6-8-15(9-7-14)24-11-16-5-4-10-23-16/h6-9,16H,4-5,10-11H2,1-3H3,(H,19,22)/t16-/m0/s1. The number of aryl methyl sites for hydroxylation is 2. The monoisotopic (exact) mass is 329 g/mol. The minimum atomic E-state index is -0.153. The van der Waals surface area contributed by atoms with Crippen molar-refractivity contribution < 1.29 is 14.3 Å². The van der Waals surface area contributed by atoms with Gasteiger partial charge in [-0.3, -0.25) is 9.48 Å². The lowest BCUT2D eigenvalue weighted by atomic mass is 10.2. The minimum absolute atomic E-state index is 0.153. The molecule has 1 fully saturated rings. The third-order valence-electron chi connectivity index (χ3n) is 4.32. The maximum absolute atomic E-state index is 12.4. The number of carbonyl (C=O) groups excluding carboxylic acids is 1. The van der Waals surface area contributed by atoms with Gasteiger partial charge in [0.25, 0.3) is 5.91 Å². The van der Waals surface area contributed by atoms with Gasteiger partial charge in [0.2, 0.25) is 0 Å².